The molecule has 1 unspecified atom stereocenters. The quantitative estimate of drug-likeness (QED) is 0.637. The summed E-state index contributed by atoms with van der Waals surface area (Å²) in [6.45, 7) is 4.22. The summed E-state index contributed by atoms with van der Waals surface area (Å²) in [5, 5.41) is 6.47. The van der Waals surface area contributed by atoms with E-state index in [-0.39, 0.29) is 0 Å². The molecule has 3 aromatic carbocycles. The van der Waals surface area contributed by atoms with Crippen molar-refractivity contribution < 1.29 is 0 Å². The van der Waals surface area contributed by atoms with Crippen molar-refractivity contribution in [3.63, 3.8) is 0 Å². The topological polar surface area (TPSA) is 24.4 Å². The van der Waals surface area contributed by atoms with E-state index in [4.69, 9.17) is 0 Å². The average molecular weight is 346 g/mol. The van der Waals surface area contributed by atoms with Crippen LogP contribution in [0, 0.1) is 0 Å². The fourth-order valence-corrected chi connectivity index (χ4v) is 4.50. The van der Waals surface area contributed by atoms with Gasteiger partial charge in [0.1, 0.15) is 5.84 Å². The second-order valence-electron chi connectivity index (χ2n) is 6.34. The van der Waals surface area contributed by atoms with E-state index in [9.17, 15) is 0 Å². The molecule has 0 fully saturated rings. The van der Waals surface area contributed by atoms with Crippen LogP contribution in [0.25, 0.3) is 10.8 Å². The Morgan fingerprint density at radius 1 is 0.960 bits per heavy atom. The summed E-state index contributed by atoms with van der Waals surface area (Å²) in [6.07, 6.45) is 1.12. The van der Waals surface area contributed by atoms with Gasteiger partial charge in [-0.3, -0.25) is 4.99 Å². The van der Waals surface area contributed by atoms with Gasteiger partial charge in [-0.2, -0.15) is 0 Å². The monoisotopic (exact) mass is 346 g/mol. The molecule has 25 heavy (non-hydrogen) atoms. The first-order valence-electron chi connectivity index (χ1n) is 8.85. The molecule has 0 aliphatic carbocycles. The fraction of sp³-hybridized carbons (Fsp3) is 0.227. The molecule has 0 amide bonds. The predicted molar refractivity (Wildman–Crippen MR) is 109 cm³/mol. The van der Waals surface area contributed by atoms with E-state index in [0.717, 1.165) is 25.3 Å². The van der Waals surface area contributed by atoms with Crippen molar-refractivity contribution in [3.8, 4) is 0 Å². The molecule has 0 aromatic heterocycles. The molecule has 1 aliphatic heterocycles. The van der Waals surface area contributed by atoms with Gasteiger partial charge in [0, 0.05) is 28.8 Å². The first-order chi connectivity index (χ1) is 12.3. The van der Waals surface area contributed by atoms with Gasteiger partial charge >= 0.3 is 0 Å². The molecule has 0 spiro atoms. The van der Waals surface area contributed by atoms with E-state index < -0.39 is 0 Å². The molecule has 2 nitrogen and oxygen atoms in total. The van der Waals surface area contributed by atoms with Crippen LogP contribution in [0.4, 0.5) is 0 Å². The Labute approximate surface area is 153 Å². The van der Waals surface area contributed by atoms with Gasteiger partial charge in [0.05, 0.1) is 0 Å². The zero-order chi connectivity index (χ0) is 17.1. The lowest BCUT2D eigenvalue weighted by Gasteiger charge is -2.20. The van der Waals surface area contributed by atoms with E-state index in [0.29, 0.717) is 5.25 Å². The third kappa shape index (κ3) is 3.42. The minimum absolute atomic E-state index is 0.372. The standard InChI is InChI=1S/C22H22N2S/c1-16(18-12-6-9-17-8-2-3-10-19(17)18)25-21-13-5-4-11-20(21)22-23-14-7-15-24-22/h2-6,8-13,16H,7,14-15H2,1H3,(H,23,24). The SMILES string of the molecule is CC(Sc1ccccc1C1=NCCCN1)c1cccc2ccccc12. The van der Waals surface area contributed by atoms with E-state index >= 15 is 0 Å². The van der Waals surface area contributed by atoms with Crippen molar-refractivity contribution in [2.75, 3.05) is 13.1 Å². The Bertz CT molecular complexity index is 911. The summed E-state index contributed by atoms with van der Waals surface area (Å²) in [7, 11) is 0. The highest BCUT2D eigenvalue weighted by atomic mass is 32.2. The number of aliphatic imine (C=N–C) groups is 1. The number of hydrogen-bond donors (Lipinski definition) is 1. The summed E-state index contributed by atoms with van der Waals surface area (Å²) in [5.41, 5.74) is 2.61. The summed E-state index contributed by atoms with van der Waals surface area (Å²) >= 11 is 1.91. The first-order valence-corrected chi connectivity index (χ1v) is 9.73. The Hall–Kier alpha value is -2.26. The van der Waals surface area contributed by atoms with Crippen LogP contribution in [0.2, 0.25) is 0 Å². The molecule has 4 rings (SSSR count). The number of thioether (sulfide) groups is 1. The second-order valence-corrected chi connectivity index (χ2v) is 7.72. The van der Waals surface area contributed by atoms with Crippen LogP contribution in [-0.2, 0) is 0 Å². The van der Waals surface area contributed by atoms with Gasteiger partial charge in [0.2, 0.25) is 0 Å². The highest BCUT2D eigenvalue weighted by Gasteiger charge is 2.16. The maximum atomic E-state index is 4.68. The van der Waals surface area contributed by atoms with Crippen molar-refractivity contribution in [3.05, 3.63) is 77.9 Å². The smallest absolute Gasteiger partial charge is 0.129 e. The van der Waals surface area contributed by atoms with Gasteiger partial charge in [-0.1, -0.05) is 60.7 Å². The molecule has 0 radical (unpaired) electrons. The highest BCUT2D eigenvalue weighted by Crippen LogP contribution is 2.39. The molecule has 1 N–H and O–H groups in total. The third-order valence-electron chi connectivity index (χ3n) is 4.60. The molecule has 0 saturated heterocycles. The van der Waals surface area contributed by atoms with E-state index in [1.54, 1.807) is 0 Å². The van der Waals surface area contributed by atoms with Crippen LogP contribution in [0.15, 0.2) is 76.6 Å². The maximum Gasteiger partial charge on any atom is 0.129 e. The van der Waals surface area contributed by atoms with Crippen LogP contribution < -0.4 is 5.32 Å². The van der Waals surface area contributed by atoms with Crippen molar-refractivity contribution in [2.45, 2.75) is 23.5 Å². The summed E-state index contributed by atoms with van der Waals surface area (Å²) < 4.78 is 0. The molecule has 126 valence electrons. The summed E-state index contributed by atoms with van der Waals surface area (Å²) in [4.78, 5) is 5.97. The summed E-state index contributed by atoms with van der Waals surface area (Å²) in [5.74, 6) is 1.04. The third-order valence-corrected chi connectivity index (χ3v) is 5.82. The fourth-order valence-electron chi connectivity index (χ4n) is 3.34. The number of benzene rings is 3. The first kappa shape index (κ1) is 16.2. The van der Waals surface area contributed by atoms with Crippen molar-refractivity contribution >= 4 is 28.4 Å². The maximum absolute atomic E-state index is 4.68. The van der Waals surface area contributed by atoms with Crippen molar-refractivity contribution in [1.82, 2.24) is 5.32 Å². The lowest BCUT2D eigenvalue weighted by atomic mass is 10.0. The average Bonchev–Trinajstić information content (AvgIpc) is 2.68. The van der Waals surface area contributed by atoms with Crippen molar-refractivity contribution in [2.24, 2.45) is 4.99 Å². The van der Waals surface area contributed by atoms with Gasteiger partial charge in [0.25, 0.3) is 0 Å². The normalized spacial score (nSPS) is 15.5. The lowest BCUT2D eigenvalue weighted by molar-refractivity contribution is 0.741. The van der Waals surface area contributed by atoms with Gasteiger partial charge < -0.3 is 5.32 Å². The second kappa shape index (κ2) is 7.32. The van der Waals surface area contributed by atoms with Crippen LogP contribution in [0.1, 0.15) is 29.7 Å². The zero-order valence-electron chi connectivity index (χ0n) is 14.4. The van der Waals surface area contributed by atoms with E-state index in [1.165, 1.54) is 26.8 Å². The van der Waals surface area contributed by atoms with Crippen LogP contribution in [0.5, 0.6) is 0 Å². The Morgan fingerprint density at radius 2 is 1.76 bits per heavy atom. The van der Waals surface area contributed by atoms with Gasteiger partial charge in [-0.05, 0) is 35.7 Å². The summed E-state index contributed by atoms with van der Waals surface area (Å²) in [6, 6.07) is 23.8. The molecular formula is C22H22N2S. The minimum atomic E-state index is 0.372. The molecular weight excluding hydrogens is 324 g/mol. The molecule has 1 aliphatic rings. The number of fused-ring (bicyclic) bond motifs is 1. The largest absolute Gasteiger partial charge is 0.370 e. The van der Waals surface area contributed by atoms with Crippen molar-refractivity contribution in [1.29, 1.82) is 0 Å². The van der Waals surface area contributed by atoms with Gasteiger partial charge in [-0.25, -0.2) is 0 Å². The van der Waals surface area contributed by atoms with Crippen LogP contribution in [0.3, 0.4) is 0 Å². The molecule has 3 aromatic rings. The lowest BCUT2D eigenvalue weighted by Crippen LogP contribution is -2.30. The van der Waals surface area contributed by atoms with Gasteiger partial charge in [0.15, 0.2) is 0 Å². The number of amidine groups is 1. The number of rotatable bonds is 4. The Morgan fingerprint density at radius 3 is 2.64 bits per heavy atom. The molecule has 1 atom stereocenters. The van der Waals surface area contributed by atoms with Crippen LogP contribution >= 0.6 is 11.8 Å². The molecule has 1 heterocycles. The molecule has 0 saturated carbocycles. The molecule has 3 heteroatoms. The zero-order valence-corrected chi connectivity index (χ0v) is 15.2. The highest BCUT2D eigenvalue weighted by molar-refractivity contribution is 7.99. The predicted octanol–water partition coefficient (Wildman–Crippen LogP) is 5.43. The number of nitrogens with one attached hydrogen (secondary N) is 1. The molecule has 0 bridgehead atoms. The van der Waals surface area contributed by atoms with Gasteiger partial charge in [-0.15, -0.1) is 11.8 Å². The van der Waals surface area contributed by atoms with Crippen LogP contribution in [-0.4, -0.2) is 18.9 Å². The number of hydrogen-bond acceptors (Lipinski definition) is 3. The van der Waals surface area contributed by atoms with E-state index in [2.05, 4.69) is 84.0 Å². The Kier molecular flexibility index (Phi) is 4.75. The van der Waals surface area contributed by atoms with E-state index in [1.807, 2.05) is 11.8 Å². The number of nitrogens with zero attached hydrogens (tertiary/aromatic N) is 1. The minimum Gasteiger partial charge on any atom is -0.370 e. The Balaban J connectivity index is 1.67.